The average molecular weight is 294 g/mol. The van der Waals surface area contributed by atoms with Crippen molar-refractivity contribution >= 4 is 11.0 Å². The van der Waals surface area contributed by atoms with Gasteiger partial charge in [-0.25, -0.2) is 4.79 Å². The summed E-state index contributed by atoms with van der Waals surface area (Å²) in [5.41, 5.74) is -1.58. The van der Waals surface area contributed by atoms with Crippen LogP contribution >= 0.6 is 0 Å². The zero-order valence-electron chi connectivity index (χ0n) is 12.1. The summed E-state index contributed by atoms with van der Waals surface area (Å²) >= 11 is 0. The highest BCUT2D eigenvalue weighted by Crippen LogP contribution is 2.35. The van der Waals surface area contributed by atoms with Gasteiger partial charge in [0.05, 0.1) is 12.7 Å². The minimum absolute atomic E-state index is 0.169. The molecule has 2 rings (SSSR count). The molecule has 0 bridgehead atoms. The summed E-state index contributed by atoms with van der Waals surface area (Å²) in [7, 11) is 1.46. The average Bonchev–Trinajstić information content (AvgIpc) is 2.43. The molecule has 2 N–H and O–H groups in total. The van der Waals surface area contributed by atoms with Gasteiger partial charge in [-0.3, -0.25) is 0 Å². The van der Waals surface area contributed by atoms with E-state index in [1.807, 2.05) is 0 Å². The molecule has 0 radical (unpaired) electrons. The van der Waals surface area contributed by atoms with E-state index >= 15 is 0 Å². The van der Waals surface area contributed by atoms with Crippen LogP contribution in [0.4, 0.5) is 0 Å². The fraction of sp³-hybridized carbons (Fsp3) is 0.400. The van der Waals surface area contributed by atoms with E-state index in [9.17, 15) is 15.0 Å². The van der Waals surface area contributed by atoms with E-state index in [2.05, 4.69) is 0 Å². The van der Waals surface area contributed by atoms with Crippen molar-refractivity contribution in [2.75, 3.05) is 13.7 Å². The molecule has 1 atom stereocenters. The minimum atomic E-state index is -1.31. The molecule has 1 unspecified atom stereocenters. The van der Waals surface area contributed by atoms with Crippen LogP contribution in [0.1, 0.15) is 13.8 Å². The molecule has 0 aliphatic heterocycles. The van der Waals surface area contributed by atoms with Crippen LogP contribution in [0, 0.1) is 0 Å². The lowest BCUT2D eigenvalue weighted by molar-refractivity contribution is -0.0663. The van der Waals surface area contributed by atoms with E-state index in [1.54, 1.807) is 18.2 Å². The van der Waals surface area contributed by atoms with Crippen LogP contribution in [0.3, 0.4) is 0 Å². The smallest absolute Gasteiger partial charge is 0.336 e. The maximum atomic E-state index is 11.4. The highest BCUT2D eigenvalue weighted by Gasteiger charge is 2.26. The van der Waals surface area contributed by atoms with Crippen molar-refractivity contribution in [3.05, 3.63) is 34.7 Å². The Morgan fingerprint density at radius 1 is 1.29 bits per heavy atom. The molecule has 0 aliphatic carbocycles. The lowest BCUT2D eigenvalue weighted by Gasteiger charge is -2.24. The van der Waals surface area contributed by atoms with Crippen LogP contribution in [0.5, 0.6) is 11.5 Å². The molecule has 21 heavy (non-hydrogen) atoms. The molecule has 2 aromatic rings. The van der Waals surface area contributed by atoms with Gasteiger partial charge >= 0.3 is 5.63 Å². The van der Waals surface area contributed by atoms with Crippen LogP contribution in [0.2, 0.25) is 0 Å². The van der Waals surface area contributed by atoms with Gasteiger partial charge in [-0.1, -0.05) is 0 Å². The Hall–Kier alpha value is -2.05. The fourth-order valence-corrected chi connectivity index (χ4v) is 1.75. The zero-order chi connectivity index (χ0) is 15.6. The Morgan fingerprint density at radius 3 is 2.57 bits per heavy atom. The SMILES string of the molecule is COc1ccc2ccc(=O)oc2c1OCC(O)C(C)(C)O. The largest absolute Gasteiger partial charge is 0.493 e. The third kappa shape index (κ3) is 3.34. The van der Waals surface area contributed by atoms with Gasteiger partial charge < -0.3 is 24.1 Å². The number of aliphatic hydroxyl groups is 2. The second-order valence-electron chi connectivity index (χ2n) is 5.25. The van der Waals surface area contributed by atoms with Crippen LogP contribution in [0.15, 0.2) is 33.5 Å². The molecule has 0 spiro atoms. The molecule has 0 aliphatic rings. The summed E-state index contributed by atoms with van der Waals surface area (Å²) < 4.78 is 15.8. The summed E-state index contributed by atoms with van der Waals surface area (Å²) in [4.78, 5) is 11.4. The summed E-state index contributed by atoms with van der Waals surface area (Å²) in [6.45, 7) is 2.78. The Balaban J connectivity index is 2.41. The van der Waals surface area contributed by atoms with Gasteiger partial charge in [0, 0.05) is 11.5 Å². The van der Waals surface area contributed by atoms with Gasteiger partial charge in [0.15, 0.2) is 11.3 Å². The van der Waals surface area contributed by atoms with Gasteiger partial charge in [0.2, 0.25) is 5.75 Å². The van der Waals surface area contributed by atoms with Crippen molar-refractivity contribution in [2.45, 2.75) is 25.6 Å². The number of aliphatic hydroxyl groups excluding tert-OH is 1. The van der Waals surface area contributed by atoms with E-state index in [-0.39, 0.29) is 17.9 Å². The van der Waals surface area contributed by atoms with Gasteiger partial charge in [-0.15, -0.1) is 0 Å². The first kappa shape index (κ1) is 15.3. The number of fused-ring (bicyclic) bond motifs is 1. The maximum Gasteiger partial charge on any atom is 0.336 e. The fourth-order valence-electron chi connectivity index (χ4n) is 1.75. The first-order valence-corrected chi connectivity index (χ1v) is 6.47. The first-order chi connectivity index (χ1) is 9.82. The normalized spacial score (nSPS) is 13.2. The molecule has 1 aromatic heterocycles. The summed E-state index contributed by atoms with van der Waals surface area (Å²) in [5.74, 6) is 0.593. The van der Waals surface area contributed by atoms with Crippen molar-refractivity contribution in [3.63, 3.8) is 0 Å². The number of hydrogen-bond donors (Lipinski definition) is 2. The number of ether oxygens (including phenoxy) is 2. The lowest BCUT2D eigenvalue weighted by atomic mass is 10.0. The van der Waals surface area contributed by atoms with Crippen molar-refractivity contribution in [1.29, 1.82) is 0 Å². The van der Waals surface area contributed by atoms with Gasteiger partial charge in [-0.05, 0) is 32.0 Å². The molecule has 0 amide bonds. The van der Waals surface area contributed by atoms with Crippen molar-refractivity contribution < 1.29 is 24.1 Å². The monoisotopic (exact) mass is 294 g/mol. The second-order valence-corrected chi connectivity index (χ2v) is 5.25. The van der Waals surface area contributed by atoms with Crippen LogP contribution in [0.25, 0.3) is 11.0 Å². The Labute approximate surface area is 121 Å². The molecule has 114 valence electrons. The Bertz CT molecular complexity index is 683. The standard InChI is InChI=1S/C15H18O6/c1-15(2,18)11(16)8-20-14-10(19-3)6-4-9-5-7-12(17)21-13(9)14/h4-7,11,16,18H,8H2,1-3H3. The number of benzene rings is 1. The molecule has 1 aromatic carbocycles. The molecule has 0 fully saturated rings. The predicted octanol–water partition coefficient (Wildman–Crippen LogP) is 1.31. The second kappa shape index (κ2) is 5.75. The molecular weight excluding hydrogens is 276 g/mol. The number of rotatable bonds is 5. The molecule has 6 heteroatoms. The molecule has 6 nitrogen and oxygen atoms in total. The first-order valence-electron chi connectivity index (χ1n) is 6.47. The third-order valence-corrected chi connectivity index (χ3v) is 3.13. The van der Waals surface area contributed by atoms with Crippen LogP contribution in [-0.2, 0) is 0 Å². The quantitative estimate of drug-likeness (QED) is 0.808. The van der Waals surface area contributed by atoms with Gasteiger partial charge in [0.1, 0.15) is 12.7 Å². The summed E-state index contributed by atoms with van der Waals surface area (Å²) in [6.07, 6.45) is -1.10. The van der Waals surface area contributed by atoms with E-state index in [0.29, 0.717) is 11.1 Å². The summed E-state index contributed by atoms with van der Waals surface area (Å²) in [5, 5.41) is 20.2. The third-order valence-electron chi connectivity index (χ3n) is 3.13. The highest BCUT2D eigenvalue weighted by molar-refractivity contribution is 5.85. The van der Waals surface area contributed by atoms with Crippen molar-refractivity contribution in [2.24, 2.45) is 0 Å². The van der Waals surface area contributed by atoms with E-state index < -0.39 is 17.3 Å². The predicted molar refractivity (Wildman–Crippen MR) is 76.8 cm³/mol. The molecule has 0 saturated heterocycles. The molecule has 0 saturated carbocycles. The Morgan fingerprint density at radius 2 is 1.95 bits per heavy atom. The van der Waals surface area contributed by atoms with Crippen LogP contribution in [-0.4, -0.2) is 35.6 Å². The Kier molecular flexibility index (Phi) is 4.20. The van der Waals surface area contributed by atoms with Crippen molar-refractivity contribution in [3.8, 4) is 11.5 Å². The molecule has 1 heterocycles. The van der Waals surface area contributed by atoms with E-state index in [4.69, 9.17) is 13.9 Å². The zero-order valence-corrected chi connectivity index (χ0v) is 12.1. The van der Waals surface area contributed by atoms with Gasteiger partial charge in [-0.2, -0.15) is 0 Å². The minimum Gasteiger partial charge on any atom is -0.493 e. The highest BCUT2D eigenvalue weighted by atomic mass is 16.5. The lowest BCUT2D eigenvalue weighted by Crippen LogP contribution is -2.40. The van der Waals surface area contributed by atoms with Crippen molar-refractivity contribution in [1.82, 2.24) is 0 Å². The topological polar surface area (TPSA) is 89.1 Å². The van der Waals surface area contributed by atoms with E-state index in [1.165, 1.54) is 27.0 Å². The molecular formula is C15H18O6. The van der Waals surface area contributed by atoms with Gasteiger partial charge in [0.25, 0.3) is 0 Å². The van der Waals surface area contributed by atoms with E-state index in [0.717, 1.165) is 0 Å². The maximum absolute atomic E-state index is 11.4. The van der Waals surface area contributed by atoms with Crippen LogP contribution < -0.4 is 15.1 Å². The number of methoxy groups -OCH3 is 1. The summed E-state index contributed by atoms with van der Waals surface area (Å²) in [6, 6.07) is 6.33. The number of hydrogen-bond acceptors (Lipinski definition) is 6.